The summed E-state index contributed by atoms with van der Waals surface area (Å²) in [5.74, 6) is 0.865. The van der Waals surface area contributed by atoms with Crippen LogP contribution >= 0.6 is 0 Å². The molecule has 2 aliphatic heterocycles. The molecule has 28 heavy (non-hydrogen) atoms. The lowest BCUT2D eigenvalue weighted by Crippen LogP contribution is -2.52. The monoisotopic (exact) mass is 384 g/mol. The lowest BCUT2D eigenvalue weighted by atomic mass is 9.64. The van der Waals surface area contributed by atoms with E-state index < -0.39 is 11.7 Å². The molecule has 1 aromatic heterocycles. The standard InChI is InChI=1S/C21H24N2O5/c1-23(2)17-15-9-14-8-13(10-24)21(15,27-14)19(25)16-18(17)28-22-20(16)26-11-12-6-4-3-5-7-12/h3-8,14-15,17,19,24-25H,9-11H2,1-2H3/t14-,15+,17+,19?,21-/m1/s1. The third kappa shape index (κ3) is 2.34. The smallest absolute Gasteiger partial charge is 0.260 e. The van der Waals surface area contributed by atoms with Gasteiger partial charge in [-0.15, -0.1) is 0 Å². The average Bonchev–Trinajstić information content (AvgIpc) is 3.38. The SMILES string of the molecule is CN(C)[C@@H]1c2onc(OCc3ccccc3)c2C(O)[C@@]23O[C@H](C=C2CO)C[C@@H]13. The number of aromatic nitrogens is 1. The van der Waals surface area contributed by atoms with Gasteiger partial charge in [-0.1, -0.05) is 36.4 Å². The van der Waals surface area contributed by atoms with Gasteiger partial charge in [-0.3, -0.25) is 4.90 Å². The zero-order chi connectivity index (χ0) is 19.5. The van der Waals surface area contributed by atoms with E-state index in [1.165, 1.54) is 0 Å². The van der Waals surface area contributed by atoms with Crippen molar-refractivity contribution in [2.45, 2.75) is 36.9 Å². The van der Waals surface area contributed by atoms with E-state index in [9.17, 15) is 10.2 Å². The molecule has 1 unspecified atom stereocenters. The fourth-order valence-corrected chi connectivity index (χ4v) is 5.15. The second-order valence-electron chi connectivity index (χ2n) is 7.99. The van der Waals surface area contributed by atoms with Crippen LogP contribution in [0.5, 0.6) is 5.88 Å². The van der Waals surface area contributed by atoms with Crippen molar-refractivity contribution in [3.63, 3.8) is 0 Å². The summed E-state index contributed by atoms with van der Waals surface area (Å²) < 4.78 is 17.9. The summed E-state index contributed by atoms with van der Waals surface area (Å²) in [5, 5.41) is 25.5. The van der Waals surface area contributed by atoms with Crippen LogP contribution in [0.15, 0.2) is 46.5 Å². The summed E-state index contributed by atoms with van der Waals surface area (Å²) in [6.07, 6.45) is 1.60. The molecule has 0 amide bonds. The second kappa shape index (κ2) is 6.42. The van der Waals surface area contributed by atoms with Gasteiger partial charge in [0, 0.05) is 5.92 Å². The molecule has 5 atom stereocenters. The maximum Gasteiger partial charge on any atom is 0.260 e. The molecule has 0 saturated carbocycles. The molecule has 0 radical (unpaired) electrons. The molecular formula is C21H24N2O5. The van der Waals surface area contributed by atoms with E-state index in [1.807, 2.05) is 50.5 Å². The number of ether oxygens (including phenoxy) is 2. The molecule has 1 spiro atoms. The summed E-state index contributed by atoms with van der Waals surface area (Å²) in [5.41, 5.74) is 1.29. The van der Waals surface area contributed by atoms with Gasteiger partial charge in [-0.05, 0) is 36.8 Å². The van der Waals surface area contributed by atoms with Crippen LogP contribution in [0.2, 0.25) is 0 Å². The van der Waals surface area contributed by atoms with Crippen molar-refractivity contribution in [3.05, 3.63) is 58.9 Å². The van der Waals surface area contributed by atoms with Crippen LogP contribution in [0.3, 0.4) is 0 Å². The summed E-state index contributed by atoms with van der Waals surface area (Å²) in [4.78, 5) is 2.06. The van der Waals surface area contributed by atoms with Crippen LogP contribution in [0.4, 0.5) is 0 Å². The Hall–Kier alpha value is -2.19. The van der Waals surface area contributed by atoms with Crippen LogP contribution in [-0.4, -0.2) is 52.7 Å². The lowest BCUT2D eigenvalue weighted by Gasteiger charge is -2.46. The Balaban J connectivity index is 1.56. The number of benzene rings is 1. The van der Waals surface area contributed by atoms with Gasteiger partial charge in [-0.2, -0.15) is 0 Å². The highest BCUT2D eigenvalue weighted by atomic mass is 16.6. The average molecular weight is 384 g/mol. The molecule has 1 saturated heterocycles. The number of hydrogen-bond acceptors (Lipinski definition) is 7. The highest BCUT2D eigenvalue weighted by molar-refractivity contribution is 5.47. The van der Waals surface area contributed by atoms with E-state index >= 15 is 0 Å². The van der Waals surface area contributed by atoms with Crippen molar-refractivity contribution >= 4 is 0 Å². The Morgan fingerprint density at radius 2 is 2.07 bits per heavy atom. The molecule has 148 valence electrons. The van der Waals surface area contributed by atoms with E-state index in [-0.39, 0.29) is 30.6 Å². The molecule has 1 fully saturated rings. The Labute approximate surface area is 163 Å². The zero-order valence-corrected chi connectivity index (χ0v) is 15.9. The van der Waals surface area contributed by atoms with Crippen LogP contribution < -0.4 is 4.74 Å². The maximum atomic E-state index is 11.4. The molecule has 5 rings (SSSR count). The summed E-state index contributed by atoms with van der Waals surface area (Å²) in [6.45, 7) is 0.173. The first-order valence-corrected chi connectivity index (χ1v) is 9.56. The van der Waals surface area contributed by atoms with Crippen molar-refractivity contribution in [2.24, 2.45) is 5.92 Å². The number of fused-ring (bicyclic) bond motifs is 2. The number of nitrogens with zero attached hydrogens (tertiary/aromatic N) is 2. The number of hydrogen-bond donors (Lipinski definition) is 2. The van der Waals surface area contributed by atoms with Crippen molar-refractivity contribution in [1.29, 1.82) is 0 Å². The van der Waals surface area contributed by atoms with Crippen molar-refractivity contribution in [2.75, 3.05) is 20.7 Å². The minimum absolute atomic E-state index is 0.0305. The first kappa shape index (κ1) is 17.9. The Morgan fingerprint density at radius 3 is 2.79 bits per heavy atom. The molecule has 7 nitrogen and oxygen atoms in total. The van der Waals surface area contributed by atoms with Gasteiger partial charge < -0.3 is 24.2 Å². The first-order valence-electron chi connectivity index (χ1n) is 9.56. The zero-order valence-electron chi connectivity index (χ0n) is 15.9. The first-order chi connectivity index (χ1) is 13.6. The summed E-state index contributed by atoms with van der Waals surface area (Å²) in [6, 6.07) is 9.65. The van der Waals surface area contributed by atoms with E-state index in [4.69, 9.17) is 14.0 Å². The third-order valence-corrected chi connectivity index (χ3v) is 6.27. The molecule has 3 heterocycles. The lowest BCUT2D eigenvalue weighted by molar-refractivity contribution is -0.116. The Morgan fingerprint density at radius 1 is 1.29 bits per heavy atom. The number of rotatable bonds is 5. The molecule has 2 N–H and O–H groups in total. The second-order valence-corrected chi connectivity index (χ2v) is 7.99. The van der Waals surface area contributed by atoms with Crippen molar-refractivity contribution < 1.29 is 24.2 Å². The van der Waals surface area contributed by atoms with Crippen LogP contribution in [0.25, 0.3) is 0 Å². The van der Waals surface area contributed by atoms with Crippen molar-refractivity contribution in [1.82, 2.24) is 10.1 Å². The molecule has 1 aliphatic carbocycles. The quantitative estimate of drug-likeness (QED) is 0.762. The largest absolute Gasteiger partial charge is 0.470 e. The molecular weight excluding hydrogens is 360 g/mol. The van der Waals surface area contributed by atoms with Gasteiger partial charge in [-0.25, -0.2) is 0 Å². The minimum Gasteiger partial charge on any atom is -0.470 e. The van der Waals surface area contributed by atoms with Gasteiger partial charge in [0.2, 0.25) is 0 Å². The topological polar surface area (TPSA) is 88.2 Å². The van der Waals surface area contributed by atoms with E-state index in [2.05, 4.69) is 10.1 Å². The molecule has 3 aliphatic rings. The highest BCUT2D eigenvalue weighted by Crippen LogP contribution is 2.63. The van der Waals surface area contributed by atoms with E-state index in [0.29, 0.717) is 17.9 Å². The van der Waals surface area contributed by atoms with Crippen LogP contribution in [0, 0.1) is 5.92 Å². The fraction of sp³-hybridized carbons (Fsp3) is 0.476. The molecule has 2 aromatic rings. The Kier molecular flexibility index (Phi) is 4.10. The van der Waals surface area contributed by atoms with Crippen LogP contribution in [-0.2, 0) is 11.3 Å². The van der Waals surface area contributed by atoms with Gasteiger partial charge >= 0.3 is 0 Å². The normalized spacial score (nSPS) is 33.0. The summed E-state index contributed by atoms with van der Waals surface area (Å²) >= 11 is 0. The highest BCUT2D eigenvalue weighted by Gasteiger charge is 2.66. The van der Waals surface area contributed by atoms with Gasteiger partial charge in [0.15, 0.2) is 5.76 Å². The maximum absolute atomic E-state index is 11.4. The van der Waals surface area contributed by atoms with E-state index in [1.54, 1.807) is 0 Å². The third-order valence-electron chi connectivity index (χ3n) is 6.27. The molecule has 7 heteroatoms. The van der Waals surface area contributed by atoms with Gasteiger partial charge in [0.1, 0.15) is 18.3 Å². The minimum atomic E-state index is -1.01. The van der Waals surface area contributed by atoms with E-state index in [0.717, 1.165) is 17.6 Å². The number of aliphatic hydroxyl groups excluding tert-OH is 2. The predicted molar refractivity (Wildman–Crippen MR) is 99.5 cm³/mol. The molecule has 2 bridgehead atoms. The molecule has 1 aromatic carbocycles. The van der Waals surface area contributed by atoms with Gasteiger partial charge in [0.25, 0.3) is 5.88 Å². The number of aliphatic hydroxyl groups is 2. The summed E-state index contributed by atoms with van der Waals surface area (Å²) in [7, 11) is 3.95. The van der Waals surface area contributed by atoms with Crippen molar-refractivity contribution in [3.8, 4) is 5.88 Å². The predicted octanol–water partition coefficient (Wildman–Crippen LogP) is 1.98. The Bertz CT molecular complexity index is 909. The van der Waals surface area contributed by atoms with Crippen LogP contribution in [0.1, 0.15) is 35.5 Å². The fourth-order valence-electron chi connectivity index (χ4n) is 5.15. The van der Waals surface area contributed by atoms with Gasteiger partial charge in [0.05, 0.1) is 24.3 Å².